The van der Waals surface area contributed by atoms with Crippen LogP contribution < -0.4 is 15.4 Å². The minimum atomic E-state index is -0.0466. The second-order valence-corrected chi connectivity index (χ2v) is 8.79. The standard InChI is InChI=1S/C28H25N5O2/c1-35-25-9-8-22-27(21-13-23(31-16-24(21)33-22)19-3-2-11-29-14-19)26(25)17-4-6-18(7-5-17)28(34)32-20-10-12-30-15-20/h2-9,11,13-14,16,20,30,33H,10,12,15H2,1H3,(H,32,34). The van der Waals surface area contributed by atoms with Crippen LogP contribution in [0.15, 0.2) is 73.2 Å². The zero-order valence-corrected chi connectivity index (χ0v) is 19.3. The molecule has 174 valence electrons. The number of nitrogens with one attached hydrogen (secondary N) is 3. The number of carbonyl (C=O) groups is 1. The van der Waals surface area contributed by atoms with Crippen LogP contribution in [0.1, 0.15) is 16.8 Å². The van der Waals surface area contributed by atoms with Gasteiger partial charge in [0, 0.05) is 58.0 Å². The number of rotatable bonds is 5. The third kappa shape index (κ3) is 3.90. The van der Waals surface area contributed by atoms with Crippen LogP contribution in [-0.2, 0) is 0 Å². The van der Waals surface area contributed by atoms with Gasteiger partial charge in [0.2, 0.25) is 0 Å². The third-order valence-electron chi connectivity index (χ3n) is 6.62. The predicted molar refractivity (Wildman–Crippen MR) is 138 cm³/mol. The highest BCUT2D eigenvalue weighted by molar-refractivity contribution is 6.16. The van der Waals surface area contributed by atoms with Crippen LogP contribution in [0.2, 0.25) is 0 Å². The highest BCUT2D eigenvalue weighted by Crippen LogP contribution is 2.41. The van der Waals surface area contributed by atoms with Gasteiger partial charge in [0.25, 0.3) is 5.91 Å². The second kappa shape index (κ2) is 8.85. The summed E-state index contributed by atoms with van der Waals surface area (Å²) < 4.78 is 5.78. The zero-order valence-electron chi connectivity index (χ0n) is 19.3. The topological polar surface area (TPSA) is 91.9 Å². The molecule has 7 nitrogen and oxygen atoms in total. The Morgan fingerprint density at radius 2 is 1.94 bits per heavy atom. The van der Waals surface area contributed by atoms with E-state index >= 15 is 0 Å². The highest BCUT2D eigenvalue weighted by atomic mass is 16.5. The van der Waals surface area contributed by atoms with E-state index in [1.807, 2.05) is 60.9 Å². The number of fused-ring (bicyclic) bond motifs is 3. The number of carbonyl (C=O) groups excluding carboxylic acids is 1. The van der Waals surface area contributed by atoms with Gasteiger partial charge in [-0.15, -0.1) is 0 Å². The number of H-pyrrole nitrogens is 1. The van der Waals surface area contributed by atoms with Crippen molar-refractivity contribution in [1.29, 1.82) is 0 Å². The van der Waals surface area contributed by atoms with E-state index in [2.05, 4.69) is 31.7 Å². The fraction of sp³-hybridized carbons (Fsp3) is 0.179. The van der Waals surface area contributed by atoms with Crippen molar-refractivity contribution in [3.05, 3.63) is 78.8 Å². The lowest BCUT2D eigenvalue weighted by Crippen LogP contribution is -2.36. The van der Waals surface area contributed by atoms with Gasteiger partial charge in [0.1, 0.15) is 5.75 Å². The molecule has 1 amide bonds. The molecule has 0 aliphatic carbocycles. The minimum Gasteiger partial charge on any atom is -0.496 e. The molecule has 0 bridgehead atoms. The fourth-order valence-electron chi connectivity index (χ4n) is 4.84. The molecule has 5 aromatic rings. The quantitative estimate of drug-likeness (QED) is 0.356. The largest absolute Gasteiger partial charge is 0.496 e. The van der Waals surface area contributed by atoms with Crippen molar-refractivity contribution in [1.82, 2.24) is 25.6 Å². The van der Waals surface area contributed by atoms with Crippen LogP contribution in [0.3, 0.4) is 0 Å². The van der Waals surface area contributed by atoms with Crippen LogP contribution in [0.5, 0.6) is 5.75 Å². The van der Waals surface area contributed by atoms with Crippen molar-refractivity contribution < 1.29 is 9.53 Å². The minimum absolute atomic E-state index is 0.0466. The Kier molecular flexibility index (Phi) is 5.39. The van der Waals surface area contributed by atoms with E-state index in [9.17, 15) is 4.79 Å². The summed E-state index contributed by atoms with van der Waals surface area (Å²) in [4.78, 5) is 25.1. The maximum Gasteiger partial charge on any atom is 0.251 e. The number of aromatic nitrogens is 3. The molecule has 6 rings (SSSR count). The lowest BCUT2D eigenvalue weighted by molar-refractivity contribution is 0.0940. The van der Waals surface area contributed by atoms with E-state index in [0.717, 1.165) is 69.4 Å². The first-order chi connectivity index (χ1) is 17.2. The molecule has 35 heavy (non-hydrogen) atoms. The molecule has 2 aromatic carbocycles. The normalized spacial score (nSPS) is 15.5. The lowest BCUT2D eigenvalue weighted by Gasteiger charge is -2.13. The maximum absolute atomic E-state index is 12.7. The van der Waals surface area contributed by atoms with E-state index in [-0.39, 0.29) is 11.9 Å². The van der Waals surface area contributed by atoms with Crippen molar-refractivity contribution in [2.75, 3.05) is 20.2 Å². The van der Waals surface area contributed by atoms with Crippen molar-refractivity contribution in [3.8, 4) is 28.1 Å². The lowest BCUT2D eigenvalue weighted by atomic mass is 9.97. The number of ether oxygens (including phenoxy) is 1. The molecular formula is C28H25N5O2. The Balaban J connectivity index is 1.45. The molecule has 1 fully saturated rings. The van der Waals surface area contributed by atoms with E-state index in [4.69, 9.17) is 4.74 Å². The van der Waals surface area contributed by atoms with Gasteiger partial charge >= 0.3 is 0 Å². The summed E-state index contributed by atoms with van der Waals surface area (Å²) in [5.74, 6) is 0.724. The number of amides is 1. The number of nitrogens with zero attached hydrogens (tertiary/aromatic N) is 2. The van der Waals surface area contributed by atoms with Gasteiger partial charge in [-0.25, -0.2) is 0 Å². The molecule has 0 saturated carbocycles. The van der Waals surface area contributed by atoms with Crippen LogP contribution >= 0.6 is 0 Å². The number of pyridine rings is 2. The van der Waals surface area contributed by atoms with Crippen LogP contribution in [0.25, 0.3) is 44.2 Å². The Bertz CT molecular complexity index is 1520. The molecule has 4 heterocycles. The van der Waals surface area contributed by atoms with E-state index in [1.165, 1.54) is 0 Å². The molecule has 1 aliphatic rings. The fourth-order valence-corrected chi connectivity index (χ4v) is 4.84. The summed E-state index contributed by atoms with van der Waals surface area (Å²) in [6, 6.07) is 17.9. The molecule has 0 spiro atoms. The Morgan fingerprint density at radius 3 is 2.69 bits per heavy atom. The SMILES string of the molecule is COc1ccc2[nH]c3cnc(-c4cccnc4)cc3c2c1-c1ccc(C(=O)NC2CCNC2)cc1. The molecule has 7 heteroatoms. The average Bonchev–Trinajstić information content (AvgIpc) is 3.56. The Morgan fingerprint density at radius 1 is 1.06 bits per heavy atom. The third-order valence-corrected chi connectivity index (χ3v) is 6.62. The first-order valence-electron chi connectivity index (χ1n) is 11.7. The summed E-state index contributed by atoms with van der Waals surface area (Å²) in [7, 11) is 1.68. The van der Waals surface area contributed by atoms with Crippen molar-refractivity contribution in [3.63, 3.8) is 0 Å². The van der Waals surface area contributed by atoms with Gasteiger partial charge in [-0.2, -0.15) is 0 Å². The number of hydrogen-bond acceptors (Lipinski definition) is 5. The van der Waals surface area contributed by atoms with Gasteiger partial charge in [-0.05, 0) is 61.0 Å². The summed E-state index contributed by atoms with van der Waals surface area (Å²) in [5, 5.41) is 8.49. The summed E-state index contributed by atoms with van der Waals surface area (Å²) in [5.41, 5.74) is 6.36. The monoisotopic (exact) mass is 463 g/mol. The summed E-state index contributed by atoms with van der Waals surface area (Å²) in [6.45, 7) is 1.76. The summed E-state index contributed by atoms with van der Waals surface area (Å²) >= 11 is 0. The van der Waals surface area contributed by atoms with Crippen LogP contribution in [-0.4, -0.2) is 47.1 Å². The highest BCUT2D eigenvalue weighted by Gasteiger charge is 2.19. The van der Waals surface area contributed by atoms with Gasteiger partial charge < -0.3 is 20.4 Å². The molecule has 1 unspecified atom stereocenters. The second-order valence-electron chi connectivity index (χ2n) is 8.79. The molecule has 1 aliphatic heterocycles. The number of aromatic amines is 1. The van der Waals surface area contributed by atoms with Gasteiger partial charge in [-0.3, -0.25) is 14.8 Å². The van der Waals surface area contributed by atoms with Gasteiger partial charge in [0.15, 0.2) is 0 Å². The molecule has 1 atom stereocenters. The maximum atomic E-state index is 12.7. The van der Waals surface area contributed by atoms with Crippen molar-refractivity contribution >= 4 is 27.7 Å². The molecule has 3 N–H and O–H groups in total. The smallest absolute Gasteiger partial charge is 0.251 e. The molecule has 3 aromatic heterocycles. The Labute approximate surface area is 202 Å². The number of hydrogen-bond donors (Lipinski definition) is 3. The summed E-state index contributed by atoms with van der Waals surface area (Å²) in [6.07, 6.45) is 6.39. The van der Waals surface area contributed by atoms with Gasteiger partial charge in [0.05, 0.1) is 24.5 Å². The number of benzene rings is 2. The van der Waals surface area contributed by atoms with Crippen LogP contribution in [0, 0.1) is 0 Å². The van der Waals surface area contributed by atoms with Crippen LogP contribution in [0.4, 0.5) is 0 Å². The molecular weight excluding hydrogens is 438 g/mol. The van der Waals surface area contributed by atoms with E-state index < -0.39 is 0 Å². The predicted octanol–water partition coefficient (Wildman–Crippen LogP) is 4.55. The zero-order chi connectivity index (χ0) is 23.8. The average molecular weight is 464 g/mol. The number of methoxy groups -OCH3 is 1. The van der Waals surface area contributed by atoms with E-state index in [1.54, 1.807) is 13.3 Å². The van der Waals surface area contributed by atoms with Crippen molar-refractivity contribution in [2.24, 2.45) is 0 Å². The van der Waals surface area contributed by atoms with Crippen molar-refractivity contribution in [2.45, 2.75) is 12.5 Å². The molecule has 1 saturated heterocycles. The Hall–Kier alpha value is -4.23. The first-order valence-corrected chi connectivity index (χ1v) is 11.7. The molecule has 0 radical (unpaired) electrons. The first kappa shape index (κ1) is 21.3. The van der Waals surface area contributed by atoms with Gasteiger partial charge in [-0.1, -0.05) is 12.1 Å². The van der Waals surface area contributed by atoms with E-state index in [0.29, 0.717) is 5.56 Å².